The molecule has 0 bridgehead atoms. The summed E-state index contributed by atoms with van der Waals surface area (Å²) in [5.41, 5.74) is 8.80. The van der Waals surface area contributed by atoms with E-state index < -0.39 is 59.3 Å². The van der Waals surface area contributed by atoms with E-state index in [0.717, 1.165) is 11.1 Å². The van der Waals surface area contributed by atoms with Crippen LogP contribution in [-0.4, -0.2) is 79.7 Å². The number of ether oxygens (including phenoxy) is 2. The molecule has 0 aliphatic rings. The first-order valence-corrected chi connectivity index (χ1v) is 17.0. The average Bonchev–Trinajstić information content (AvgIpc) is 3.13. The summed E-state index contributed by atoms with van der Waals surface area (Å²) in [5.74, 6) is -3.61. The molecule has 4 aromatic carbocycles. The molecule has 316 valence electrons. The van der Waals surface area contributed by atoms with Crippen LogP contribution in [0.5, 0.6) is 11.5 Å². The smallest absolute Gasteiger partial charge is 0.334 e. The Kier molecular flexibility index (Phi) is 25.1. The van der Waals surface area contributed by atoms with Gasteiger partial charge in [0.05, 0.1) is 6.04 Å². The first-order valence-electron chi connectivity index (χ1n) is 16.6. The largest absolute Gasteiger partial charge is 0.479 e. The minimum absolute atomic E-state index is 0. The van der Waals surface area contributed by atoms with Crippen molar-refractivity contribution in [3.8, 4) is 11.5 Å². The lowest BCUT2D eigenvalue weighted by molar-refractivity contribution is -0.148. The maximum atomic E-state index is 12.7. The number of esters is 2. The number of aliphatic hydroxyl groups excluding tert-OH is 2. The monoisotopic (exact) mass is 826 g/mol. The minimum atomic E-state index is -1.77. The lowest BCUT2D eigenvalue weighted by atomic mass is 10.00. The van der Waals surface area contributed by atoms with Crippen LogP contribution in [0.15, 0.2) is 97.1 Å². The third-order valence-corrected chi connectivity index (χ3v) is 7.96. The van der Waals surface area contributed by atoms with Crippen LogP contribution in [0.4, 0.5) is 0 Å². The van der Waals surface area contributed by atoms with Crippen LogP contribution in [0.3, 0.4) is 0 Å². The number of rotatable bonds is 13. The van der Waals surface area contributed by atoms with Crippen LogP contribution in [0.1, 0.15) is 79.1 Å². The van der Waals surface area contributed by atoms with Gasteiger partial charge in [-0.1, -0.05) is 95.1 Å². The molecule has 7 N–H and O–H groups in total. The molecule has 0 aromatic heterocycles. The SMILES string of the molecule is C.C.C.CC(=O)Oc1cccc(C(=O)Cl)c1C.CC(=O)Oc1cccc(C(=O)N[C@@H](Cc2ccccc2)[C@H](O)C(=O)O)c1C.N[C@@H](Cc1ccccc1)[C@H](O)C(=O)O. The number of carboxylic acids is 2. The molecule has 0 heterocycles. The molecule has 0 aliphatic carbocycles. The van der Waals surface area contributed by atoms with Gasteiger partial charge in [-0.25, -0.2) is 9.59 Å². The predicted octanol–water partition coefficient (Wildman–Crippen LogP) is 5.92. The fraction of sp³-hybridized carbons (Fsp3) is 0.302. The van der Waals surface area contributed by atoms with Gasteiger partial charge in [0.2, 0.25) is 0 Å². The maximum Gasteiger partial charge on any atom is 0.334 e. The van der Waals surface area contributed by atoms with Crippen molar-refractivity contribution in [3.63, 3.8) is 0 Å². The second-order valence-corrected chi connectivity index (χ2v) is 12.4. The van der Waals surface area contributed by atoms with Crippen molar-refractivity contribution in [1.29, 1.82) is 0 Å². The number of benzene rings is 4. The number of amides is 1. The summed E-state index contributed by atoms with van der Waals surface area (Å²) in [7, 11) is 0. The van der Waals surface area contributed by atoms with Gasteiger partial charge in [0, 0.05) is 42.1 Å². The number of carbonyl (C=O) groups excluding carboxylic acids is 4. The number of halogens is 1. The number of nitrogens with two attached hydrogens (primary N) is 1. The van der Waals surface area contributed by atoms with Crippen LogP contribution >= 0.6 is 11.6 Å². The van der Waals surface area contributed by atoms with Crippen LogP contribution in [0.2, 0.25) is 0 Å². The molecule has 1 amide bonds. The highest BCUT2D eigenvalue weighted by molar-refractivity contribution is 6.68. The Labute approximate surface area is 344 Å². The van der Waals surface area contributed by atoms with Gasteiger partial charge in [0.25, 0.3) is 11.1 Å². The Hall–Kier alpha value is -5.93. The standard InChI is InChI=1S/C20H21NO6.C10H9ClO3.C10H13NO3.3CH4/c1-12-15(9-6-10-17(12)27-13(2)22)19(24)21-16(18(23)20(25)26)11-14-7-4-3-5-8-14;1-6-8(10(11)13)4-3-5-9(6)14-7(2)12;11-8(9(12)10(13)14)6-7-4-2-1-3-5-7;;;/h3-10,16,18,23H,11H2,1-2H3,(H,21,24)(H,25,26);3-5H,1-2H3;1-5,8-9,12H,6,11H2,(H,13,14);3*1H4/t16-,18-;;8-,9-;;;/m0.0.../s1. The molecule has 4 rings (SSSR count). The predicted molar refractivity (Wildman–Crippen MR) is 222 cm³/mol. The van der Waals surface area contributed by atoms with Crippen molar-refractivity contribution in [3.05, 3.63) is 130 Å². The zero-order valence-electron chi connectivity index (χ0n) is 30.5. The Morgan fingerprint density at radius 2 is 1.02 bits per heavy atom. The number of aliphatic carboxylic acids is 2. The minimum Gasteiger partial charge on any atom is -0.479 e. The Bertz CT molecular complexity index is 1940. The molecule has 15 heteroatoms. The van der Waals surface area contributed by atoms with Crippen molar-refractivity contribution in [2.75, 3.05) is 0 Å². The summed E-state index contributed by atoms with van der Waals surface area (Å²) in [4.78, 5) is 67.1. The van der Waals surface area contributed by atoms with Gasteiger partial charge in [-0.3, -0.25) is 19.2 Å². The van der Waals surface area contributed by atoms with E-state index in [1.165, 1.54) is 19.9 Å². The summed E-state index contributed by atoms with van der Waals surface area (Å²) in [6.45, 7) is 5.85. The number of aliphatic hydroxyl groups is 2. The lowest BCUT2D eigenvalue weighted by Gasteiger charge is -2.22. The highest BCUT2D eigenvalue weighted by Gasteiger charge is 2.29. The summed E-state index contributed by atoms with van der Waals surface area (Å²) in [5, 5.41) is 38.8. The molecule has 4 atom stereocenters. The summed E-state index contributed by atoms with van der Waals surface area (Å²) in [6.07, 6.45) is -2.78. The van der Waals surface area contributed by atoms with Gasteiger partial charge in [-0.05, 0) is 73.7 Å². The maximum absolute atomic E-state index is 12.7. The molecule has 0 spiro atoms. The molecular weight excluding hydrogens is 772 g/mol. The van der Waals surface area contributed by atoms with E-state index in [-0.39, 0.29) is 40.0 Å². The summed E-state index contributed by atoms with van der Waals surface area (Å²) in [6, 6.07) is 25.8. The molecule has 0 aliphatic heterocycles. The fourth-order valence-corrected chi connectivity index (χ4v) is 5.13. The molecule has 14 nitrogen and oxygen atoms in total. The van der Waals surface area contributed by atoms with E-state index in [1.807, 2.05) is 36.4 Å². The Balaban J connectivity index is 0. The number of hydrogen-bond acceptors (Lipinski definition) is 11. The molecule has 58 heavy (non-hydrogen) atoms. The van der Waals surface area contributed by atoms with Crippen molar-refractivity contribution in [2.24, 2.45) is 5.73 Å². The van der Waals surface area contributed by atoms with Crippen LogP contribution in [-0.2, 0) is 32.0 Å². The third-order valence-electron chi connectivity index (χ3n) is 7.75. The van der Waals surface area contributed by atoms with Crippen LogP contribution in [0, 0.1) is 13.8 Å². The van der Waals surface area contributed by atoms with E-state index >= 15 is 0 Å². The number of hydrogen-bond donors (Lipinski definition) is 6. The van der Waals surface area contributed by atoms with Crippen molar-refractivity contribution >= 4 is 46.6 Å². The quantitative estimate of drug-likeness (QED) is 0.0522. The highest BCUT2D eigenvalue weighted by atomic mass is 35.5. The summed E-state index contributed by atoms with van der Waals surface area (Å²) >= 11 is 5.34. The van der Waals surface area contributed by atoms with Gasteiger partial charge >= 0.3 is 23.9 Å². The van der Waals surface area contributed by atoms with E-state index in [4.69, 9.17) is 42.1 Å². The van der Waals surface area contributed by atoms with Gasteiger partial charge in [0.15, 0.2) is 12.2 Å². The fourth-order valence-electron chi connectivity index (χ4n) is 4.93. The van der Waals surface area contributed by atoms with Crippen LogP contribution < -0.4 is 20.5 Å². The second kappa shape index (κ2) is 26.8. The number of nitrogens with one attached hydrogen (secondary N) is 1. The summed E-state index contributed by atoms with van der Waals surface area (Å²) < 4.78 is 9.95. The molecule has 4 aromatic rings. The van der Waals surface area contributed by atoms with Crippen molar-refractivity contribution < 1.29 is 58.7 Å². The van der Waals surface area contributed by atoms with E-state index in [2.05, 4.69) is 5.32 Å². The molecule has 0 saturated heterocycles. The molecular formula is C43H55ClN2O12. The molecule has 0 saturated carbocycles. The highest BCUT2D eigenvalue weighted by Crippen LogP contribution is 2.23. The van der Waals surface area contributed by atoms with Gasteiger partial charge < -0.3 is 41.0 Å². The van der Waals surface area contributed by atoms with Gasteiger partial charge in [-0.2, -0.15) is 0 Å². The molecule has 0 fully saturated rings. The third kappa shape index (κ3) is 17.9. The first-order chi connectivity index (χ1) is 25.9. The van der Waals surface area contributed by atoms with Gasteiger partial charge in [-0.15, -0.1) is 0 Å². The number of carbonyl (C=O) groups is 6. The second-order valence-electron chi connectivity index (χ2n) is 12.0. The first kappa shape index (κ1) is 54.2. The zero-order chi connectivity index (χ0) is 41.2. The van der Waals surface area contributed by atoms with E-state index in [1.54, 1.807) is 68.4 Å². The van der Waals surface area contributed by atoms with E-state index in [9.17, 15) is 33.9 Å². The zero-order valence-corrected chi connectivity index (χ0v) is 31.2. The average molecular weight is 827 g/mol. The normalized spacial score (nSPS) is 11.8. The van der Waals surface area contributed by atoms with Crippen molar-refractivity contribution in [2.45, 2.75) is 87.1 Å². The van der Waals surface area contributed by atoms with Crippen molar-refractivity contribution in [1.82, 2.24) is 5.32 Å². The molecule has 0 unspecified atom stereocenters. The topological polar surface area (TPSA) is 240 Å². The van der Waals surface area contributed by atoms with Gasteiger partial charge in [0.1, 0.15) is 11.5 Å². The number of carboxylic acid groups (broad SMARTS) is 2. The lowest BCUT2D eigenvalue weighted by Crippen LogP contribution is -2.48. The molecule has 0 radical (unpaired) electrons. The van der Waals surface area contributed by atoms with E-state index in [0.29, 0.717) is 28.9 Å². The Morgan fingerprint density at radius 3 is 1.41 bits per heavy atom. The Morgan fingerprint density at radius 1 is 0.621 bits per heavy atom. The van der Waals surface area contributed by atoms with Crippen LogP contribution in [0.25, 0.3) is 0 Å².